The molecule has 1 aliphatic heterocycles. The van der Waals surface area contributed by atoms with Crippen molar-refractivity contribution in [2.75, 3.05) is 13.1 Å². The summed E-state index contributed by atoms with van der Waals surface area (Å²) in [7, 11) is 0. The van der Waals surface area contributed by atoms with Crippen molar-refractivity contribution in [2.45, 2.75) is 37.7 Å². The average molecular weight is 295 g/mol. The number of carboxylic acids is 1. The highest BCUT2D eigenvalue weighted by Gasteiger charge is 2.40. The number of hydrogen-bond acceptors (Lipinski definition) is 4. The fourth-order valence-electron chi connectivity index (χ4n) is 2.88. The number of nitrogens with zero attached hydrogens (tertiary/aromatic N) is 1. The highest BCUT2D eigenvalue weighted by molar-refractivity contribution is 7.14. The van der Waals surface area contributed by atoms with Crippen LogP contribution < -0.4 is 0 Å². The van der Waals surface area contributed by atoms with Gasteiger partial charge in [-0.2, -0.15) is 0 Å². The molecule has 2 N–H and O–H groups in total. The Morgan fingerprint density at radius 3 is 2.55 bits per heavy atom. The van der Waals surface area contributed by atoms with Gasteiger partial charge in [-0.1, -0.05) is 0 Å². The summed E-state index contributed by atoms with van der Waals surface area (Å²) < 4.78 is 0. The van der Waals surface area contributed by atoms with Gasteiger partial charge in [0.1, 0.15) is 0 Å². The van der Waals surface area contributed by atoms with Gasteiger partial charge in [0.15, 0.2) is 5.60 Å². The van der Waals surface area contributed by atoms with Crippen molar-refractivity contribution in [1.82, 2.24) is 4.90 Å². The van der Waals surface area contributed by atoms with Crippen LogP contribution in [0, 0.1) is 0 Å². The number of aliphatic hydroxyl groups is 1. The standard InChI is InChI=1S/C14H17NO4S/c16-12(11-8-9-2-1-3-10(9)20-11)15-6-4-14(19,5-7-15)13(17)18/h8,19H,1-7H2,(H,17,18). The largest absolute Gasteiger partial charge is 0.479 e. The van der Waals surface area contributed by atoms with E-state index in [2.05, 4.69) is 0 Å². The third-order valence-corrected chi connectivity index (χ3v) is 5.46. The topological polar surface area (TPSA) is 77.8 Å². The molecule has 3 rings (SSSR count). The molecule has 1 saturated heterocycles. The first-order valence-corrected chi connectivity index (χ1v) is 7.68. The summed E-state index contributed by atoms with van der Waals surface area (Å²) in [5, 5.41) is 18.8. The summed E-state index contributed by atoms with van der Waals surface area (Å²) in [6, 6.07) is 1.98. The van der Waals surface area contributed by atoms with Gasteiger partial charge >= 0.3 is 5.97 Å². The number of aryl methyl sites for hydroxylation is 2. The number of aliphatic carboxylic acids is 1. The number of fused-ring (bicyclic) bond motifs is 1. The smallest absolute Gasteiger partial charge is 0.335 e. The van der Waals surface area contributed by atoms with E-state index in [0.29, 0.717) is 13.1 Å². The van der Waals surface area contributed by atoms with Crippen LogP contribution in [-0.2, 0) is 17.6 Å². The minimum absolute atomic E-state index is 0.0307. The zero-order chi connectivity index (χ0) is 14.3. The lowest BCUT2D eigenvalue weighted by Gasteiger charge is -2.35. The van der Waals surface area contributed by atoms with Crippen molar-refractivity contribution in [3.05, 3.63) is 21.4 Å². The molecule has 1 amide bonds. The lowest BCUT2D eigenvalue weighted by atomic mass is 9.91. The van der Waals surface area contributed by atoms with Crippen LogP contribution in [0.1, 0.15) is 39.4 Å². The van der Waals surface area contributed by atoms with Crippen LogP contribution in [0.3, 0.4) is 0 Å². The van der Waals surface area contributed by atoms with E-state index in [1.807, 2.05) is 6.07 Å². The van der Waals surface area contributed by atoms with Crippen molar-refractivity contribution in [2.24, 2.45) is 0 Å². The molecule has 0 atom stereocenters. The van der Waals surface area contributed by atoms with Crippen molar-refractivity contribution >= 4 is 23.2 Å². The Hall–Kier alpha value is -1.40. The molecule has 6 heteroatoms. The molecule has 0 saturated carbocycles. The third kappa shape index (κ3) is 2.23. The van der Waals surface area contributed by atoms with Crippen LogP contribution in [0.4, 0.5) is 0 Å². The molecule has 0 unspecified atom stereocenters. The Kier molecular flexibility index (Phi) is 3.30. The molecule has 0 spiro atoms. The summed E-state index contributed by atoms with van der Waals surface area (Å²) in [5.74, 6) is -1.23. The van der Waals surface area contributed by atoms with Gasteiger partial charge in [-0.05, 0) is 30.9 Å². The Morgan fingerprint density at radius 1 is 1.25 bits per heavy atom. The molecule has 0 aromatic carbocycles. The summed E-state index contributed by atoms with van der Waals surface area (Å²) >= 11 is 1.56. The number of carboxylic acid groups (broad SMARTS) is 1. The third-order valence-electron chi connectivity index (χ3n) is 4.23. The fraction of sp³-hybridized carbons (Fsp3) is 0.571. The van der Waals surface area contributed by atoms with E-state index in [9.17, 15) is 14.7 Å². The van der Waals surface area contributed by atoms with E-state index in [4.69, 9.17) is 5.11 Å². The summed E-state index contributed by atoms with van der Waals surface area (Å²) in [4.78, 5) is 27.1. The second-order valence-electron chi connectivity index (χ2n) is 5.54. The zero-order valence-corrected chi connectivity index (χ0v) is 11.9. The molecule has 2 heterocycles. The van der Waals surface area contributed by atoms with Gasteiger partial charge in [-0.15, -0.1) is 11.3 Å². The second-order valence-corrected chi connectivity index (χ2v) is 6.68. The van der Waals surface area contributed by atoms with E-state index in [1.54, 1.807) is 16.2 Å². The van der Waals surface area contributed by atoms with Gasteiger partial charge in [-0.3, -0.25) is 4.79 Å². The Morgan fingerprint density at radius 2 is 1.95 bits per heavy atom. The molecule has 1 aliphatic carbocycles. The van der Waals surface area contributed by atoms with Crippen LogP contribution in [0.2, 0.25) is 0 Å². The number of rotatable bonds is 2. The fourth-order valence-corrected chi connectivity index (χ4v) is 4.11. The van der Waals surface area contributed by atoms with E-state index in [-0.39, 0.29) is 18.7 Å². The van der Waals surface area contributed by atoms with Gasteiger partial charge < -0.3 is 15.1 Å². The minimum Gasteiger partial charge on any atom is -0.479 e. The van der Waals surface area contributed by atoms with Crippen LogP contribution in [-0.4, -0.2) is 45.7 Å². The van der Waals surface area contributed by atoms with Crippen molar-refractivity contribution in [1.29, 1.82) is 0 Å². The maximum atomic E-state index is 12.4. The molecule has 20 heavy (non-hydrogen) atoms. The lowest BCUT2D eigenvalue weighted by molar-refractivity contribution is -0.162. The maximum absolute atomic E-state index is 12.4. The Balaban J connectivity index is 1.68. The van der Waals surface area contributed by atoms with Crippen molar-refractivity contribution in [3.8, 4) is 0 Å². The molecule has 0 radical (unpaired) electrons. The van der Waals surface area contributed by atoms with E-state index in [1.165, 1.54) is 16.9 Å². The van der Waals surface area contributed by atoms with Crippen LogP contribution >= 0.6 is 11.3 Å². The van der Waals surface area contributed by atoms with E-state index < -0.39 is 11.6 Å². The second kappa shape index (κ2) is 4.86. The number of amides is 1. The van der Waals surface area contributed by atoms with Gasteiger partial charge in [0.25, 0.3) is 5.91 Å². The molecule has 108 valence electrons. The normalized spacial score (nSPS) is 20.8. The number of carbonyl (C=O) groups excluding carboxylic acids is 1. The van der Waals surface area contributed by atoms with Crippen molar-refractivity contribution < 1.29 is 19.8 Å². The molecule has 2 aliphatic rings. The number of piperidine rings is 1. The Labute approximate surface area is 120 Å². The van der Waals surface area contributed by atoms with Gasteiger partial charge in [0.2, 0.25) is 0 Å². The number of thiophene rings is 1. The van der Waals surface area contributed by atoms with Crippen LogP contribution in [0.25, 0.3) is 0 Å². The zero-order valence-electron chi connectivity index (χ0n) is 11.1. The summed E-state index contributed by atoms with van der Waals surface area (Å²) in [5.41, 5.74) is -0.383. The number of carbonyl (C=O) groups is 2. The van der Waals surface area contributed by atoms with Crippen LogP contribution in [0.5, 0.6) is 0 Å². The van der Waals surface area contributed by atoms with E-state index >= 15 is 0 Å². The quantitative estimate of drug-likeness (QED) is 0.862. The first kappa shape index (κ1) is 13.6. The van der Waals surface area contributed by atoms with Gasteiger partial charge in [0.05, 0.1) is 4.88 Å². The predicted molar refractivity (Wildman–Crippen MR) is 74.1 cm³/mol. The maximum Gasteiger partial charge on any atom is 0.335 e. The lowest BCUT2D eigenvalue weighted by Crippen LogP contribution is -2.50. The van der Waals surface area contributed by atoms with Crippen LogP contribution in [0.15, 0.2) is 6.07 Å². The minimum atomic E-state index is -1.67. The molecule has 1 aromatic rings. The number of likely N-dealkylation sites (tertiary alicyclic amines) is 1. The molecule has 1 fully saturated rings. The van der Waals surface area contributed by atoms with E-state index in [0.717, 1.165) is 17.7 Å². The summed E-state index contributed by atoms with van der Waals surface area (Å²) in [6.45, 7) is 0.592. The number of hydrogen-bond donors (Lipinski definition) is 2. The highest BCUT2D eigenvalue weighted by Crippen LogP contribution is 2.32. The van der Waals surface area contributed by atoms with Crippen molar-refractivity contribution in [3.63, 3.8) is 0 Å². The first-order valence-electron chi connectivity index (χ1n) is 6.86. The molecule has 1 aromatic heterocycles. The van der Waals surface area contributed by atoms with Gasteiger partial charge in [-0.25, -0.2) is 4.79 Å². The molecule has 0 bridgehead atoms. The Bertz CT molecular complexity index is 536. The SMILES string of the molecule is O=C(c1cc2c(s1)CCC2)N1CCC(O)(C(=O)O)CC1. The van der Waals surface area contributed by atoms with Gasteiger partial charge in [0, 0.05) is 30.8 Å². The first-order chi connectivity index (χ1) is 9.49. The molecular weight excluding hydrogens is 278 g/mol. The highest BCUT2D eigenvalue weighted by atomic mass is 32.1. The summed E-state index contributed by atoms with van der Waals surface area (Å²) in [6.07, 6.45) is 3.48. The average Bonchev–Trinajstić information content (AvgIpc) is 2.99. The molecule has 5 nitrogen and oxygen atoms in total. The predicted octanol–water partition coefficient (Wildman–Crippen LogP) is 1.29. The molecular formula is C14H17NO4S. The monoisotopic (exact) mass is 295 g/mol.